The molecule has 0 heterocycles. The molecular weight excluding hydrogens is 306 g/mol. The molecule has 4 nitrogen and oxygen atoms in total. The average molecular weight is 344 g/mol. The standard InChI is InChI=1S/C18H37NO3Si/c1-9-11-17(5,6)23(7,8)21-14-18(12-10-13-18)19-15(20)22-16(2,3)4/h9-14H2,1-8H3,(H,19,20). The summed E-state index contributed by atoms with van der Waals surface area (Å²) in [5.41, 5.74) is -0.693. The molecule has 0 spiro atoms. The van der Waals surface area contributed by atoms with Crippen LogP contribution in [0, 0.1) is 0 Å². The minimum absolute atomic E-state index is 0.227. The van der Waals surface area contributed by atoms with Gasteiger partial charge in [-0.15, -0.1) is 0 Å². The summed E-state index contributed by atoms with van der Waals surface area (Å²) in [5.74, 6) is 0. The molecule has 0 unspecified atom stereocenters. The van der Waals surface area contributed by atoms with Crippen molar-refractivity contribution in [1.29, 1.82) is 0 Å². The lowest BCUT2D eigenvalue weighted by molar-refractivity contribution is 0.0278. The molecule has 1 N–H and O–H groups in total. The summed E-state index contributed by atoms with van der Waals surface area (Å²) in [6, 6.07) is 0. The highest BCUT2D eigenvalue weighted by atomic mass is 28.4. The Kier molecular flexibility index (Phi) is 6.36. The van der Waals surface area contributed by atoms with Crippen molar-refractivity contribution >= 4 is 14.4 Å². The van der Waals surface area contributed by atoms with Gasteiger partial charge in [0.2, 0.25) is 0 Å². The van der Waals surface area contributed by atoms with Gasteiger partial charge in [-0.05, 0) is 64.6 Å². The van der Waals surface area contributed by atoms with E-state index in [1.54, 1.807) is 0 Å². The normalized spacial score (nSPS) is 18.3. The highest BCUT2D eigenvalue weighted by Crippen LogP contribution is 2.43. The first-order valence-corrected chi connectivity index (χ1v) is 11.9. The van der Waals surface area contributed by atoms with Gasteiger partial charge in [-0.2, -0.15) is 0 Å². The van der Waals surface area contributed by atoms with Crippen LogP contribution in [0.25, 0.3) is 0 Å². The highest BCUT2D eigenvalue weighted by Gasteiger charge is 2.45. The third-order valence-electron chi connectivity index (χ3n) is 5.29. The zero-order valence-electron chi connectivity index (χ0n) is 16.5. The van der Waals surface area contributed by atoms with E-state index in [0.29, 0.717) is 6.61 Å². The lowest BCUT2D eigenvalue weighted by Gasteiger charge is -2.46. The van der Waals surface area contributed by atoms with Gasteiger partial charge in [-0.25, -0.2) is 4.79 Å². The fourth-order valence-corrected chi connectivity index (χ4v) is 4.75. The Morgan fingerprint density at radius 2 is 1.74 bits per heavy atom. The number of ether oxygens (including phenoxy) is 1. The third kappa shape index (κ3) is 5.78. The highest BCUT2D eigenvalue weighted by molar-refractivity contribution is 6.74. The van der Waals surface area contributed by atoms with E-state index in [4.69, 9.17) is 9.16 Å². The number of carbonyl (C=O) groups is 1. The lowest BCUT2D eigenvalue weighted by atomic mass is 9.77. The topological polar surface area (TPSA) is 47.6 Å². The van der Waals surface area contributed by atoms with E-state index in [9.17, 15) is 4.79 Å². The Hall–Kier alpha value is -0.553. The average Bonchev–Trinajstić information content (AvgIpc) is 2.29. The molecule has 0 aromatic carbocycles. The summed E-state index contributed by atoms with van der Waals surface area (Å²) in [5, 5.41) is 3.31. The first-order valence-electron chi connectivity index (χ1n) is 8.98. The fourth-order valence-electron chi connectivity index (χ4n) is 2.87. The summed E-state index contributed by atoms with van der Waals surface area (Å²) in [6.45, 7) is 17.7. The molecule has 0 aromatic rings. The van der Waals surface area contributed by atoms with Crippen molar-refractivity contribution in [2.24, 2.45) is 0 Å². The van der Waals surface area contributed by atoms with Crippen LogP contribution < -0.4 is 5.32 Å². The molecule has 1 amide bonds. The summed E-state index contributed by atoms with van der Waals surface area (Å²) >= 11 is 0. The van der Waals surface area contributed by atoms with Crippen LogP contribution in [0.2, 0.25) is 18.1 Å². The molecule has 136 valence electrons. The van der Waals surface area contributed by atoms with E-state index in [1.807, 2.05) is 20.8 Å². The second-order valence-electron chi connectivity index (χ2n) is 9.19. The SMILES string of the molecule is CCCC(C)(C)[Si](C)(C)OCC1(NC(=O)OC(C)(C)C)CCC1. The Morgan fingerprint density at radius 3 is 2.13 bits per heavy atom. The smallest absolute Gasteiger partial charge is 0.408 e. The van der Waals surface area contributed by atoms with Crippen LogP contribution in [0.5, 0.6) is 0 Å². The van der Waals surface area contributed by atoms with Crippen molar-refractivity contribution in [1.82, 2.24) is 5.32 Å². The van der Waals surface area contributed by atoms with Crippen molar-refractivity contribution in [3.63, 3.8) is 0 Å². The molecule has 5 heteroatoms. The maximum absolute atomic E-state index is 12.1. The van der Waals surface area contributed by atoms with Crippen LogP contribution in [0.15, 0.2) is 0 Å². The van der Waals surface area contributed by atoms with Crippen molar-refractivity contribution in [3.8, 4) is 0 Å². The quantitative estimate of drug-likeness (QED) is 0.643. The van der Waals surface area contributed by atoms with Crippen LogP contribution in [-0.4, -0.2) is 32.2 Å². The zero-order chi connectivity index (χ0) is 17.9. The molecule has 0 aromatic heterocycles. The van der Waals surface area contributed by atoms with E-state index >= 15 is 0 Å². The van der Waals surface area contributed by atoms with E-state index in [2.05, 4.69) is 39.2 Å². The molecule has 0 bridgehead atoms. The fraction of sp³-hybridized carbons (Fsp3) is 0.944. The number of hydrogen-bond donors (Lipinski definition) is 1. The van der Waals surface area contributed by atoms with Gasteiger partial charge < -0.3 is 14.5 Å². The number of hydrogen-bond acceptors (Lipinski definition) is 3. The number of carbonyl (C=O) groups excluding carboxylic acids is 1. The zero-order valence-corrected chi connectivity index (χ0v) is 17.5. The van der Waals surface area contributed by atoms with Gasteiger partial charge in [0.25, 0.3) is 0 Å². The molecule has 0 saturated heterocycles. The summed E-state index contributed by atoms with van der Waals surface area (Å²) in [6.07, 6.45) is 5.12. The third-order valence-corrected chi connectivity index (χ3v) is 9.67. The minimum Gasteiger partial charge on any atom is -0.444 e. The minimum atomic E-state index is -1.83. The number of nitrogens with one attached hydrogen (secondary N) is 1. The van der Waals surface area contributed by atoms with Gasteiger partial charge in [0, 0.05) is 0 Å². The molecule has 0 aliphatic heterocycles. The molecule has 0 radical (unpaired) electrons. The predicted molar refractivity (Wildman–Crippen MR) is 98.3 cm³/mol. The first-order chi connectivity index (χ1) is 10.3. The molecule has 0 atom stereocenters. The summed E-state index contributed by atoms with van der Waals surface area (Å²) in [4.78, 5) is 12.1. The molecule has 1 fully saturated rings. The molecule has 1 rings (SSSR count). The van der Waals surface area contributed by atoms with Gasteiger partial charge in [-0.3, -0.25) is 0 Å². The maximum Gasteiger partial charge on any atom is 0.408 e. The largest absolute Gasteiger partial charge is 0.444 e. The second kappa shape index (κ2) is 7.14. The predicted octanol–water partition coefficient (Wildman–Crippen LogP) is 5.24. The van der Waals surface area contributed by atoms with Crippen LogP contribution in [0.4, 0.5) is 4.79 Å². The van der Waals surface area contributed by atoms with Crippen LogP contribution in [-0.2, 0) is 9.16 Å². The van der Waals surface area contributed by atoms with Gasteiger partial charge in [0.1, 0.15) is 5.60 Å². The van der Waals surface area contributed by atoms with Crippen molar-refractivity contribution in [2.45, 2.75) is 103 Å². The van der Waals surface area contributed by atoms with Crippen LogP contribution in [0.1, 0.15) is 73.6 Å². The molecule has 1 aliphatic carbocycles. The Balaban J connectivity index is 2.64. The van der Waals surface area contributed by atoms with Gasteiger partial charge in [-0.1, -0.05) is 27.2 Å². The van der Waals surface area contributed by atoms with Crippen molar-refractivity contribution in [2.75, 3.05) is 6.61 Å². The van der Waals surface area contributed by atoms with E-state index in [-0.39, 0.29) is 16.7 Å². The molecule has 1 saturated carbocycles. The van der Waals surface area contributed by atoms with E-state index < -0.39 is 13.9 Å². The maximum atomic E-state index is 12.1. The summed E-state index contributed by atoms with van der Waals surface area (Å²) < 4.78 is 11.9. The number of amides is 1. The van der Waals surface area contributed by atoms with Crippen molar-refractivity contribution < 1.29 is 14.0 Å². The van der Waals surface area contributed by atoms with E-state index in [1.165, 1.54) is 12.8 Å². The van der Waals surface area contributed by atoms with Gasteiger partial charge >= 0.3 is 6.09 Å². The van der Waals surface area contributed by atoms with Crippen molar-refractivity contribution in [3.05, 3.63) is 0 Å². The number of alkyl carbamates (subject to hydrolysis) is 1. The second-order valence-corrected chi connectivity index (χ2v) is 13.9. The Labute approximate surface area is 143 Å². The first kappa shape index (κ1) is 20.5. The summed E-state index contributed by atoms with van der Waals surface area (Å²) in [7, 11) is -1.83. The molecule has 1 aliphatic rings. The molecular formula is C18H37NO3Si. The number of rotatable bonds is 7. The Morgan fingerprint density at radius 1 is 1.17 bits per heavy atom. The van der Waals surface area contributed by atoms with Crippen LogP contribution >= 0.6 is 0 Å². The monoisotopic (exact) mass is 343 g/mol. The Bertz CT molecular complexity index is 409. The van der Waals surface area contributed by atoms with E-state index in [0.717, 1.165) is 19.3 Å². The lowest BCUT2D eigenvalue weighted by Crippen LogP contribution is -2.59. The molecule has 23 heavy (non-hydrogen) atoms. The van der Waals surface area contributed by atoms with Gasteiger partial charge in [0.15, 0.2) is 8.32 Å². The van der Waals surface area contributed by atoms with Gasteiger partial charge in [0.05, 0.1) is 12.1 Å². The van der Waals surface area contributed by atoms with Crippen LogP contribution in [0.3, 0.4) is 0 Å².